The summed E-state index contributed by atoms with van der Waals surface area (Å²) in [5.74, 6) is 0.296. The van der Waals surface area contributed by atoms with Gasteiger partial charge in [-0.3, -0.25) is 4.79 Å². The molecule has 1 saturated carbocycles. The van der Waals surface area contributed by atoms with Gasteiger partial charge in [0, 0.05) is 6.54 Å². The lowest BCUT2D eigenvalue weighted by molar-refractivity contribution is -0.143. The molecule has 1 aliphatic rings. The van der Waals surface area contributed by atoms with Crippen molar-refractivity contribution < 1.29 is 9.53 Å². The number of fused-ring (bicyclic) bond motifs is 1. The predicted molar refractivity (Wildman–Crippen MR) is 79.3 cm³/mol. The highest BCUT2D eigenvalue weighted by atomic mass is 16.5. The Bertz CT molecular complexity index is 614. The Morgan fingerprint density at radius 3 is 2.75 bits per heavy atom. The zero-order valence-electron chi connectivity index (χ0n) is 11.6. The summed E-state index contributed by atoms with van der Waals surface area (Å²) in [7, 11) is 1.46. The van der Waals surface area contributed by atoms with Crippen molar-refractivity contribution in [1.29, 1.82) is 0 Å². The normalized spacial score (nSPS) is 16.1. The number of carbonyl (C=O) groups excluding carboxylic acids is 1. The fourth-order valence-electron chi connectivity index (χ4n) is 2.67. The fourth-order valence-corrected chi connectivity index (χ4v) is 2.67. The smallest absolute Gasteiger partial charge is 0.323 e. The topological polar surface area (TPSA) is 38.3 Å². The van der Waals surface area contributed by atoms with Gasteiger partial charge in [0.1, 0.15) is 6.04 Å². The summed E-state index contributed by atoms with van der Waals surface area (Å²) in [4.78, 5) is 11.8. The molecule has 2 aromatic carbocycles. The van der Waals surface area contributed by atoms with Crippen LogP contribution in [0.15, 0.2) is 42.5 Å². The van der Waals surface area contributed by atoms with Gasteiger partial charge in [-0.1, -0.05) is 42.5 Å². The van der Waals surface area contributed by atoms with Gasteiger partial charge in [-0.25, -0.2) is 0 Å². The third-order valence-electron chi connectivity index (χ3n) is 3.94. The number of rotatable bonds is 5. The highest BCUT2D eigenvalue weighted by Crippen LogP contribution is 2.33. The Morgan fingerprint density at radius 2 is 2.00 bits per heavy atom. The molecule has 0 saturated heterocycles. The first kappa shape index (κ1) is 13.1. The SMILES string of the molecule is COC(=O)C(NCc1cccc2ccccc12)C1CC1. The third kappa shape index (κ3) is 2.68. The summed E-state index contributed by atoms with van der Waals surface area (Å²) in [6.07, 6.45) is 2.23. The van der Waals surface area contributed by atoms with E-state index in [0.29, 0.717) is 12.5 Å². The number of hydrogen-bond donors (Lipinski definition) is 1. The average Bonchev–Trinajstić information content (AvgIpc) is 3.32. The zero-order chi connectivity index (χ0) is 13.9. The molecule has 0 spiro atoms. The second-order valence-corrected chi connectivity index (χ2v) is 5.36. The Balaban J connectivity index is 1.77. The minimum atomic E-state index is -0.168. The van der Waals surface area contributed by atoms with E-state index < -0.39 is 0 Å². The van der Waals surface area contributed by atoms with E-state index in [-0.39, 0.29) is 12.0 Å². The number of ether oxygens (including phenoxy) is 1. The number of benzene rings is 2. The molecule has 0 aliphatic heterocycles. The van der Waals surface area contributed by atoms with Crippen LogP contribution in [0.3, 0.4) is 0 Å². The monoisotopic (exact) mass is 269 g/mol. The van der Waals surface area contributed by atoms with Crippen molar-refractivity contribution in [3.05, 3.63) is 48.0 Å². The van der Waals surface area contributed by atoms with Gasteiger partial charge < -0.3 is 10.1 Å². The Morgan fingerprint density at radius 1 is 1.25 bits per heavy atom. The average molecular weight is 269 g/mol. The lowest BCUT2D eigenvalue weighted by Gasteiger charge is -2.16. The second kappa shape index (κ2) is 5.63. The van der Waals surface area contributed by atoms with Crippen LogP contribution in [-0.4, -0.2) is 19.1 Å². The molecule has 1 aliphatic carbocycles. The molecule has 0 bridgehead atoms. The van der Waals surface area contributed by atoms with Crippen molar-refractivity contribution in [2.75, 3.05) is 7.11 Å². The van der Waals surface area contributed by atoms with E-state index in [2.05, 4.69) is 35.6 Å². The van der Waals surface area contributed by atoms with Gasteiger partial charge in [-0.2, -0.15) is 0 Å². The molecular weight excluding hydrogens is 250 g/mol. The van der Waals surface area contributed by atoms with Gasteiger partial charge >= 0.3 is 5.97 Å². The highest BCUT2D eigenvalue weighted by Gasteiger charge is 2.36. The summed E-state index contributed by atoms with van der Waals surface area (Å²) >= 11 is 0. The molecule has 0 aromatic heterocycles. The lowest BCUT2D eigenvalue weighted by atomic mass is 10.0. The maximum Gasteiger partial charge on any atom is 0.323 e. The Hall–Kier alpha value is -1.87. The van der Waals surface area contributed by atoms with Crippen LogP contribution >= 0.6 is 0 Å². The van der Waals surface area contributed by atoms with Crippen LogP contribution in [0.5, 0.6) is 0 Å². The Kier molecular flexibility index (Phi) is 3.70. The van der Waals surface area contributed by atoms with Gasteiger partial charge in [0.05, 0.1) is 7.11 Å². The van der Waals surface area contributed by atoms with Crippen molar-refractivity contribution in [2.45, 2.75) is 25.4 Å². The molecule has 104 valence electrons. The number of esters is 1. The molecular formula is C17H19NO2. The van der Waals surface area contributed by atoms with Crippen molar-refractivity contribution >= 4 is 16.7 Å². The number of carbonyl (C=O) groups is 1. The van der Waals surface area contributed by atoms with Gasteiger partial charge in [-0.15, -0.1) is 0 Å². The van der Waals surface area contributed by atoms with E-state index in [1.165, 1.54) is 23.4 Å². The molecule has 0 heterocycles. The molecule has 0 radical (unpaired) electrons. The maximum absolute atomic E-state index is 11.8. The second-order valence-electron chi connectivity index (χ2n) is 5.36. The van der Waals surface area contributed by atoms with Gasteiger partial charge in [0.25, 0.3) is 0 Å². The summed E-state index contributed by atoms with van der Waals surface area (Å²) in [5, 5.41) is 5.83. The zero-order valence-corrected chi connectivity index (χ0v) is 11.6. The van der Waals surface area contributed by atoms with E-state index in [1.54, 1.807) is 0 Å². The number of hydrogen-bond acceptors (Lipinski definition) is 3. The lowest BCUT2D eigenvalue weighted by Crippen LogP contribution is -2.39. The van der Waals surface area contributed by atoms with Crippen LogP contribution in [0, 0.1) is 5.92 Å². The summed E-state index contributed by atoms with van der Waals surface area (Å²) < 4.78 is 4.89. The molecule has 2 aromatic rings. The van der Waals surface area contributed by atoms with E-state index in [0.717, 1.165) is 12.8 Å². The van der Waals surface area contributed by atoms with E-state index in [1.807, 2.05) is 12.1 Å². The standard InChI is InChI=1S/C17H19NO2/c1-20-17(19)16(13-9-10-13)18-11-14-7-4-6-12-5-2-3-8-15(12)14/h2-8,13,16,18H,9-11H2,1H3. The fraction of sp³-hybridized carbons (Fsp3) is 0.353. The van der Waals surface area contributed by atoms with E-state index in [9.17, 15) is 4.79 Å². The predicted octanol–water partition coefficient (Wildman–Crippen LogP) is 2.88. The molecule has 1 unspecified atom stereocenters. The molecule has 1 N–H and O–H groups in total. The molecule has 1 atom stereocenters. The number of nitrogens with one attached hydrogen (secondary N) is 1. The first-order chi connectivity index (χ1) is 9.79. The number of methoxy groups -OCH3 is 1. The van der Waals surface area contributed by atoms with Crippen molar-refractivity contribution in [3.8, 4) is 0 Å². The van der Waals surface area contributed by atoms with Crippen LogP contribution in [0.1, 0.15) is 18.4 Å². The first-order valence-electron chi connectivity index (χ1n) is 7.07. The van der Waals surface area contributed by atoms with Crippen LogP contribution in [-0.2, 0) is 16.1 Å². The highest BCUT2D eigenvalue weighted by molar-refractivity contribution is 5.85. The first-order valence-corrected chi connectivity index (χ1v) is 7.07. The minimum absolute atomic E-state index is 0.146. The van der Waals surface area contributed by atoms with Gasteiger partial charge in [0.15, 0.2) is 0 Å². The summed E-state index contributed by atoms with van der Waals surface area (Å²) in [6.45, 7) is 0.692. The van der Waals surface area contributed by atoms with Gasteiger partial charge in [0.2, 0.25) is 0 Å². The molecule has 1 fully saturated rings. The quantitative estimate of drug-likeness (QED) is 0.848. The molecule has 3 heteroatoms. The molecule has 0 amide bonds. The van der Waals surface area contributed by atoms with E-state index >= 15 is 0 Å². The summed E-state index contributed by atoms with van der Waals surface area (Å²) in [6, 6.07) is 14.4. The Labute approximate surface area is 118 Å². The van der Waals surface area contributed by atoms with Crippen LogP contribution < -0.4 is 5.32 Å². The van der Waals surface area contributed by atoms with Crippen molar-refractivity contribution in [3.63, 3.8) is 0 Å². The maximum atomic E-state index is 11.8. The van der Waals surface area contributed by atoms with Crippen LogP contribution in [0.25, 0.3) is 10.8 Å². The molecule has 20 heavy (non-hydrogen) atoms. The van der Waals surface area contributed by atoms with Crippen molar-refractivity contribution in [1.82, 2.24) is 5.32 Å². The van der Waals surface area contributed by atoms with Gasteiger partial charge in [-0.05, 0) is 35.1 Å². The van der Waals surface area contributed by atoms with Crippen molar-refractivity contribution in [2.24, 2.45) is 5.92 Å². The van der Waals surface area contributed by atoms with Crippen LogP contribution in [0.4, 0.5) is 0 Å². The largest absolute Gasteiger partial charge is 0.468 e. The minimum Gasteiger partial charge on any atom is -0.468 e. The summed E-state index contributed by atoms with van der Waals surface area (Å²) in [5.41, 5.74) is 1.22. The third-order valence-corrected chi connectivity index (χ3v) is 3.94. The molecule has 3 rings (SSSR count). The van der Waals surface area contributed by atoms with Crippen LogP contribution in [0.2, 0.25) is 0 Å². The molecule has 3 nitrogen and oxygen atoms in total. The van der Waals surface area contributed by atoms with E-state index in [4.69, 9.17) is 4.74 Å².